The Morgan fingerprint density at radius 3 is 1.06 bits per heavy atom. The number of urea groups is 2. The van der Waals surface area contributed by atoms with E-state index in [0.717, 1.165) is 19.6 Å². The second-order valence-electron chi connectivity index (χ2n) is 7.57. The zero-order chi connectivity index (χ0) is 23.6. The largest absolute Gasteiger partial charge is 0.342 e. The van der Waals surface area contributed by atoms with Gasteiger partial charge in [0.05, 0.1) is 10.7 Å². The van der Waals surface area contributed by atoms with Crippen LogP contribution in [0.2, 0.25) is 0 Å². The zero-order valence-corrected chi connectivity index (χ0v) is 18.0. The number of hydrogen-bond donors (Lipinski definition) is 0. The molecule has 1 aromatic heterocycles. The summed E-state index contributed by atoms with van der Waals surface area (Å²) in [5.41, 5.74) is -0.540. The van der Waals surface area contributed by atoms with Crippen molar-refractivity contribution in [3.8, 4) is 0 Å². The van der Waals surface area contributed by atoms with Gasteiger partial charge in [0.1, 0.15) is 11.1 Å². The minimum absolute atomic E-state index is 0.159. The van der Waals surface area contributed by atoms with Gasteiger partial charge in [-0.3, -0.25) is 38.8 Å². The van der Waals surface area contributed by atoms with E-state index in [-0.39, 0.29) is 21.8 Å². The molecule has 0 aliphatic carbocycles. The summed E-state index contributed by atoms with van der Waals surface area (Å²) < 4.78 is 1.41. The molecule has 8 amide bonds. The molecule has 2 aliphatic rings. The molecule has 4 rings (SSSR count). The highest BCUT2D eigenvalue weighted by Crippen LogP contribution is 2.19. The molecule has 11 nitrogen and oxygen atoms in total. The number of hydrogen-bond acceptors (Lipinski definition) is 6. The lowest BCUT2D eigenvalue weighted by atomic mass is 10.1. The highest BCUT2D eigenvalue weighted by molar-refractivity contribution is 6.47. The van der Waals surface area contributed by atoms with Crippen molar-refractivity contribution in [1.82, 2.24) is 24.2 Å². The van der Waals surface area contributed by atoms with Gasteiger partial charge in [0, 0.05) is 46.0 Å². The van der Waals surface area contributed by atoms with Gasteiger partial charge in [0.2, 0.25) is 0 Å². The van der Waals surface area contributed by atoms with Gasteiger partial charge in [-0.2, -0.15) is 0 Å². The summed E-state index contributed by atoms with van der Waals surface area (Å²) >= 11 is 0. The minimum atomic E-state index is -0.799. The summed E-state index contributed by atoms with van der Waals surface area (Å²) in [6.07, 6.45) is 0. The molecule has 1 aromatic carbocycles. The van der Waals surface area contributed by atoms with Crippen LogP contribution in [0.25, 0.3) is 21.9 Å². The van der Waals surface area contributed by atoms with Gasteiger partial charge < -0.3 is 4.57 Å². The van der Waals surface area contributed by atoms with Crippen molar-refractivity contribution in [1.29, 1.82) is 0 Å². The maximum atomic E-state index is 13.0. The first-order valence-electron chi connectivity index (χ1n) is 9.52. The van der Waals surface area contributed by atoms with E-state index < -0.39 is 35.7 Å². The lowest BCUT2D eigenvalue weighted by Gasteiger charge is -2.29. The first kappa shape index (κ1) is 21.0. The standard InChI is InChI=1S/C21H19N5O6/c1-22-14(12-16(27)23(2)20(31)24(3)17(12)28)10-8-6-7-9-11(10)15(22)13-18(29)25(4)21(32)26(5)19(13)30/h6-9H,1-5H3. The van der Waals surface area contributed by atoms with Crippen molar-refractivity contribution in [3.63, 3.8) is 0 Å². The number of imide groups is 4. The number of benzene rings is 1. The summed E-state index contributed by atoms with van der Waals surface area (Å²) in [6.45, 7) is 0. The maximum Gasteiger partial charge on any atom is 0.333 e. The minimum Gasteiger partial charge on any atom is -0.342 e. The van der Waals surface area contributed by atoms with Crippen molar-refractivity contribution in [2.75, 3.05) is 28.2 Å². The smallest absolute Gasteiger partial charge is 0.333 e. The van der Waals surface area contributed by atoms with Crippen LogP contribution in [-0.4, -0.2) is 88.0 Å². The topological polar surface area (TPSA) is 120 Å². The van der Waals surface area contributed by atoms with E-state index in [0.29, 0.717) is 10.8 Å². The fourth-order valence-corrected chi connectivity index (χ4v) is 4.03. The first-order valence-corrected chi connectivity index (χ1v) is 9.52. The quantitative estimate of drug-likeness (QED) is 0.499. The molecule has 32 heavy (non-hydrogen) atoms. The number of barbiturate groups is 2. The highest BCUT2D eigenvalue weighted by atomic mass is 16.2. The molecule has 11 heteroatoms. The first-order chi connectivity index (χ1) is 15.0. The van der Waals surface area contributed by atoms with Gasteiger partial charge in [-0.15, -0.1) is 0 Å². The van der Waals surface area contributed by atoms with Crippen LogP contribution in [0.3, 0.4) is 0 Å². The third-order valence-corrected chi connectivity index (χ3v) is 5.80. The van der Waals surface area contributed by atoms with Gasteiger partial charge in [0.15, 0.2) is 0 Å². The van der Waals surface area contributed by atoms with Crippen molar-refractivity contribution in [2.45, 2.75) is 0 Å². The van der Waals surface area contributed by atoms with Crippen molar-refractivity contribution >= 4 is 57.6 Å². The monoisotopic (exact) mass is 437 g/mol. The van der Waals surface area contributed by atoms with Gasteiger partial charge in [-0.1, -0.05) is 24.3 Å². The van der Waals surface area contributed by atoms with Crippen LogP contribution in [-0.2, 0) is 26.2 Å². The van der Waals surface area contributed by atoms with E-state index in [9.17, 15) is 28.8 Å². The third-order valence-electron chi connectivity index (χ3n) is 5.80. The maximum absolute atomic E-state index is 13.0. The number of fused-ring (bicyclic) bond motifs is 1. The van der Waals surface area contributed by atoms with Gasteiger partial charge >= 0.3 is 12.1 Å². The molecule has 2 aromatic rings. The van der Waals surface area contributed by atoms with Crippen molar-refractivity contribution < 1.29 is 28.8 Å². The second-order valence-corrected chi connectivity index (χ2v) is 7.57. The van der Waals surface area contributed by atoms with E-state index in [1.54, 1.807) is 24.3 Å². The molecule has 0 spiro atoms. The zero-order valence-electron chi connectivity index (χ0n) is 18.0. The molecular weight excluding hydrogens is 418 g/mol. The number of rotatable bonds is 0. The second kappa shape index (κ2) is 6.87. The molecule has 2 aliphatic heterocycles. The number of aromatic nitrogens is 1. The van der Waals surface area contributed by atoms with Crippen LogP contribution < -0.4 is 10.7 Å². The number of amides is 8. The Balaban J connectivity index is 2.24. The highest BCUT2D eigenvalue weighted by Gasteiger charge is 2.41. The van der Waals surface area contributed by atoms with Crippen LogP contribution in [0.5, 0.6) is 0 Å². The predicted molar refractivity (Wildman–Crippen MR) is 111 cm³/mol. The fraction of sp³-hybridized carbons (Fsp3) is 0.238. The van der Waals surface area contributed by atoms with Crippen LogP contribution in [0.1, 0.15) is 0 Å². The molecular formula is C21H19N5O6. The van der Waals surface area contributed by atoms with Gasteiger partial charge in [0.25, 0.3) is 23.6 Å². The molecule has 0 radical (unpaired) electrons. The van der Waals surface area contributed by atoms with Crippen LogP contribution >= 0.6 is 0 Å². The Morgan fingerprint density at radius 1 is 0.500 bits per heavy atom. The molecule has 2 saturated heterocycles. The summed E-state index contributed by atoms with van der Waals surface area (Å²) in [4.78, 5) is 79.4. The summed E-state index contributed by atoms with van der Waals surface area (Å²) in [6, 6.07) is 5.13. The molecule has 0 N–H and O–H groups in total. The van der Waals surface area contributed by atoms with Gasteiger partial charge in [-0.25, -0.2) is 9.59 Å². The Kier molecular flexibility index (Phi) is 4.50. The summed E-state index contributed by atoms with van der Waals surface area (Å²) in [7, 11) is 6.56. The summed E-state index contributed by atoms with van der Waals surface area (Å²) in [5.74, 6) is -3.20. The van der Waals surface area contributed by atoms with Crippen molar-refractivity contribution in [3.05, 3.63) is 35.0 Å². The third kappa shape index (κ3) is 2.54. The van der Waals surface area contributed by atoms with E-state index in [2.05, 4.69) is 0 Å². The molecule has 2 fully saturated rings. The molecule has 0 unspecified atom stereocenters. The lowest BCUT2D eigenvalue weighted by Crippen LogP contribution is -2.55. The summed E-state index contributed by atoms with van der Waals surface area (Å²) in [5, 5.41) is 1.19. The molecule has 0 saturated carbocycles. The Bertz CT molecular complexity index is 1260. The van der Waals surface area contributed by atoms with Crippen LogP contribution in [0.15, 0.2) is 24.3 Å². The number of nitrogens with zero attached hydrogens (tertiary/aromatic N) is 5. The molecule has 3 heterocycles. The Hall–Kier alpha value is -4.28. The average molecular weight is 437 g/mol. The normalized spacial score (nSPS) is 18.2. The van der Waals surface area contributed by atoms with E-state index >= 15 is 0 Å². The SMILES string of the molecule is CN1C(=O)C(=c2c3ccccc3c(=C3C(=O)N(C)C(=O)N(C)C3=O)n2C)C(=O)N(C)C1=O. The van der Waals surface area contributed by atoms with E-state index in [1.807, 2.05) is 0 Å². The Morgan fingerprint density at radius 2 is 0.781 bits per heavy atom. The lowest BCUT2D eigenvalue weighted by molar-refractivity contribution is -0.132. The van der Waals surface area contributed by atoms with Crippen LogP contribution in [0.4, 0.5) is 9.59 Å². The van der Waals surface area contributed by atoms with E-state index in [1.165, 1.54) is 39.8 Å². The number of carbonyl (C=O) groups is 6. The number of carbonyl (C=O) groups excluding carboxylic acids is 6. The van der Waals surface area contributed by atoms with Gasteiger partial charge in [-0.05, 0) is 0 Å². The fourth-order valence-electron chi connectivity index (χ4n) is 4.03. The Labute approximate surface area is 181 Å². The van der Waals surface area contributed by atoms with Crippen LogP contribution in [0, 0.1) is 0 Å². The molecule has 0 bridgehead atoms. The molecule has 164 valence electrons. The van der Waals surface area contributed by atoms with E-state index in [4.69, 9.17) is 0 Å². The predicted octanol–water partition coefficient (Wildman–Crippen LogP) is -1.42. The molecule has 0 atom stereocenters. The average Bonchev–Trinajstić information content (AvgIpc) is 3.06. The van der Waals surface area contributed by atoms with Crippen molar-refractivity contribution in [2.24, 2.45) is 7.05 Å².